The molecule has 9 nitrogen and oxygen atoms in total. The number of ether oxygens (including phenoxy) is 2. The average molecular weight is 459 g/mol. The lowest BCUT2D eigenvalue weighted by Crippen LogP contribution is -2.62. The number of amides is 3. The summed E-state index contributed by atoms with van der Waals surface area (Å²) in [5.74, 6) is -0.0309. The van der Waals surface area contributed by atoms with E-state index >= 15 is 0 Å². The molecule has 3 amide bonds. The van der Waals surface area contributed by atoms with Gasteiger partial charge in [-0.15, -0.1) is 11.8 Å². The van der Waals surface area contributed by atoms with E-state index in [1.54, 1.807) is 44.4 Å². The number of piperidine rings is 1. The van der Waals surface area contributed by atoms with Crippen LogP contribution < -0.4 is 16.4 Å². The van der Waals surface area contributed by atoms with Gasteiger partial charge < -0.3 is 25.4 Å². The molecule has 0 bridgehead atoms. The summed E-state index contributed by atoms with van der Waals surface area (Å²) in [6.45, 7) is 13.8. The molecule has 2 rings (SSSR count). The summed E-state index contributed by atoms with van der Waals surface area (Å²) in [5.41, 5.74) is 4.28. The molecule has 4 atom stereocenters. The minimum Gasteiger partial charge on any atom is -0.444 e. The summed E-state index contributed by atoms with van der Waals surface area (Å²) in [4.78, 5) is 38.9. The monoisotopic (exact) mass is 458 g/mol. The van der Waals surface area contributed by atoms with Crippen LogP contribution in [0, 0.1) is 0 Å². The summed E-state index contributed by atoms with van der Waals surface area (Å²) in [6.07, 6.45) is 0.387. The fraction of sp³-hybridized carbons (Fsp3) is 0.857. The van der Waals surface area contributed by atoms with Gasteiger partial charge in [0.2, 0.25) is 11.8 Å². The predicted molar refractivity (Wildman–Crippen MR) is 121 cm³/mol. The van der Waals surface area contributed by atoms with E-state index in [2.05, 4.69) is 10.6 Å². The third kappa shape index (κ3) is 7.54. The summed E-state index contributed by atoms with van der Waals surface area (Å²) in [6, 6.07) is -1.30. The maximum Gasteiger partial charge on any atom is 0.408 e. The molecular weight excluding hydrogens is 420 g/mol. The van der Waals surface area contributed by atoms with Crippen molar-refractivity contribution >= 4 is 29.7 Å². The third-order valence-corrected chi connectivity index (χ3v) is 6.52. The standard InChI is InChI=1S/C21H38N4O5S/c1-13(29-19(2,3)4)15(23-18(28)30-20(5,6)7)17(27)25-10-8-9-21(12-25)24-14(11-31-21)16(22)26/h13-15,24H,8-12H2,1-7H3,(H2,22,26)(H,23,28)/t13-,14+,15+,21?/m1/s1. The first-order chi connectivity index (χ1) is 14.1. The van der Waals surface area contributed by atoms with Crippen molar-refractivity contribution in [3.63, 3.8) is 0 Å². The number of carbonyl (C=O) groups excluding carboxylic acids is 3. The van der Waals surface area contributed by atoms with E-state index in [-0.39, 0.29) is 11.8 Å². The molecule has 2 aliphatic heterocycles. The number of thioether (sulfide) groups is 1. The summed E-state index contributed by atoms with van der Waals surface area (Å²) in [7, 11) is 0. The highest BCUT2D eigenvalue weighted by Gasteiger charge is 2.46. The molecule has 4 N–H and O–H groups in total. The SMILES string of the molecule is C[C@@H](OC(C)(C)C)[C@H](NC(=O)OC(C)(C)C)C(=O)N1CCCC2(C1)N[C@H](C(N)=O)CS2. The fourth-order valence-corrected chi connectivity index (χ4v) is 5.37. The first-order valence-corrected chi connectivity index (χ1v) is 11.8. The first kappa shape index (κ1) is 25.7. The number of carbonyl (C=O) groups is 3. The van der Waals surface area contributed by atoms with E-state index < -0.39 is 40.4 Å². The van der Waals surface area contributed by atoms with Crippen LogP contribution in [0.2, 0.25) is 0 Å². The van der Waals surface area contributed by atoms with Gasteiger partial charge in [-0.05, 0) is 61.3 Å². The van der Waals surface area contributed by atoms with Gasteiger partial charge in [-0.1, -0.05) is 0 Å². The molecule has 0 aromatic heterocycles. The van der Waals surface area contributed by atoms with Crippen LogP contribution >= 0.6 is 11.8 Å². The maximum atomic E-state index is 13.5. The van der Waals surface area contributed by atoms with Gasteiger partial charge in [-0.3, -0.25) is 14.9 Å². The van der Waals surface area contributed by atoms with Crippen LogP contribution in [0.3, 0.4) is 0 Å². The Morgan fingerprint density at radius 1 is 1.19 bits per heavy atom. The van der Waals surface area contributed by atoms with Crippen LogP contribution in [0.25, 0.3) is 0 Å². The molecule has 2 saturated heterocycles. The number of likely N-dealkylation sites (tertiary alicyclic amines) is 1. The molecule has 31 heavy (non-hydrogen) atoms. The Hall–Kier alpha value is -1.52. The molecule has 0 radical (unpaired) electrons. The molecule has 178 valence electrons. The van der Waals surface area contributed by atoms with E-state index in [1.807, 2.05) is 20.8 Å². The van der Waals surface area contributed by atoms with Crippen molar-refractivity contribution in [2.45, 2.75) is 95.6 Å². The van der Waals surface area contributed by atoms with Gasteiger partial charge in [0.25, 0.3) is 0 Å². The Balaban J connectivity index is 2.17. The molecule has 0 aromatic carbocycles. The van der Waals surface area contributed by atoms with E-state index in [0.29, 0.717) is 18.8 Å². The molecule has 2 heterocycles. The van der Waals surface area contributed by atoms with Gasteiger partial charge in [-0.2, -0.15) is 0 Å². The van der Waals surface area contributed by atoms with E-state index in [4.69, 9.17) is 15.2 Å². The largest absolute Gasteiger partial charge is 0.444 e. The molecule has 1 unspecified atom stereocenters. The van der Waals surface area contributed by atoms with Crippen molar-refractivity contribution in [1.82, 2.24) is 15.5 Å². The van der Waals surface area contributed by atoms with Crippen molar-refractivity contribution < 1.29 is 23.9 Å². The number of alkyl carbamates (subject to hydrolysis) is 1. The van der Waals surface area contributed by atoms with Crippen molar-refractivity contribution in [2.75, 3.05) is 18.8 Å². The number of hydrogen-bond donors (Lipinski definition) is 3. The highest BCUT2D eigenvalue weighted by Crippen LogP contribution is 2.38. The Morgan fingerprint density at radius 2 is 1.84 bits per heavy atom. The Morgan fingerprint density at radius 3 is 2.35 bits per heavy atom. The van der Waals surface area contributed by atoms with Crippen LogP contribution in [0.15, 0.2) is 0 Å². The zero-order valence-electron chi connectivity index (χ0n) is 19.7. The number of primary amides is 1. The number of nitrogens with two attached hydrogens (primary N) is 1. The molecule has 0 aliphatic carbocycles. The Labute approximate surface area is 189 Å². The lowest BCUT2D eigenvalue weighted by Gasteiger charge is -2.42. The number of hydrogen-bond acceptors (Lipinski definition) is 7. The smallest absolute Gasteiger partial charge is 0.408 e. The molecule has 2 fully saturated rings. The molecule has 1 spiro atoms. The molecule has 2 aliphatic rings. The predicted octanol–water partition coefficient (Wildman–Crippen LogP) is 1.59. The zero-order valence-corrected chi connectivity index (χ0v) is 20.6. The number of rotatable bonds is 5. The Bertz CT molecular complexity index is 690. The molecule has 10 heteroatoms. The quantitative estimate of drug-likeness (QED) is 0.572. The van der Waals surface area contributed by atoms with Crippen molar-refractivity contribution in [1.29, 1.82) is 0 Å². The number of nitrogens with zero attached hydrogens (tertiary/aromatic N) is 1. The van der Waals surface area contributed by atoms with Crippen molar-refractivity contribution in [2.24, 2.45) is 5.73 Å². The average Bonchev–Trinajstić information content (AvgIpc) is 2.99. The van der Waals surface area contributed by atoms with Crippen LogP contribution in [-0.4, -0.2) is 75.9 Å². The third-order valence-electron chi connectivity index (χ3n) is 5.02. The Kier molecular flexibility index (Phi) is 7.92. The van der Waals surface area contributed by atoms with E-state index in [1.165, 1.54) is 0 Å². The van der Waals surface area contributed by atoms with Crippen LogP contribution in [-0.2, 0) is 19.1 Å². The second-order valence-electron chi connectivity index (χ2n) is 10.3. The maximum absolute atomic E-state index is 13.5. The molecular formula is C21H38N4O5S. The van der Waals surface area contributed by atoms with Crippen LogP contribution in [0.1, 0.15) is 61.3 Å². The van der Waals surface area contributed by atoms with Crippen LogP contribution in [0.5, 0.6) is 0 Å². The van der Waals surface area contributed by atoms with Gasteiger partial charge >= 0.3 is 6.09 Å². The van der Waals surface area contributed by atoms with Crippen molar-refractivity contribution in [3.8, 4) is 0 Å². The lowest BCUT2D eigenvalue weighted by molar-refractivity contribution is -0.143. The van der Waals surface area contributed by atoms with Gasteiger partial charge in [0.15, 0.2) is 0 Å². The second-order valence-corrected chi connectivity index (χ2v) is 11.7. The second kappa shape index (κ2) is 9.54. The topological polar surface area (TPSA) is 123 Å². The minimum absolute atomic E-state index is 0.230. The molecule has 0 saturated carbocycles. The molecule has 0 aromatic rings. The van der Waals surface area contributed by atoms with E-state index in [9.17, 15) is 14.4 Å². The zero-order chi connectivity index (χ0) is 23.6. The minimum atomic E-state index is -0.900. The van der Waals surface area contributed by atoms with Gasteiger partial charge in [-0.25, -0.2) is 4.79 Å². The highest BCUT2D eigenvalue weighted by molar-refractivity contribution is 8.01. The van der Waals surface area contributed by atoms with E-state index in [0.717, 1.165) is 12.8 Å². The summed E-state index contributed by atoms with van der Waals surface area (Å²) >= 11 is 1.63. The van der Waals surface area contributed by atoms with Gasteiger partial charge in [0.1, 0.15) is 11.6 Å². The lowest BCUT2D eigenvalue weighted by atomic mass is 10.0. The first-order valence-electron chi connectivity index (χ1n) is 10.8. The van der Waals surface area contributed by atoms with Crippen molar-refractivity contribution in [3.05, 3.63) is 0 Å². The van der Waals surface area contributed by atoms with Gasteiger partial charge in [0.05, 0.1) is 22.6 Å². The highest BCUT2D eigenvalue weighted by atomic mass is 32.2. The summed E-state index contributed by atoms with van der Waals surface area (Å²) < 4.78 is 11.4. The van der Waals surface area contributed by atoms with Crippen LogP contribution in [0.4, 0.5) is 4.79 Å². The fourth-order valence-electron chi connectivity index (χ4n) is 3.88. The normalized spacial score (nSPS) is 26.4. The number of nitrogens with one attached hydrogen (secondary N) is 2. The summed E-state index contributed by atoms with van der Waals surface area (Å²) in [5, 5.41) is 6.04. The van der Waals surface area contributed by atoms with Gasteiger partial charge in [0, 0.05) is 18.8 Å².